The van der Waals surface area contributed by atoms with Crippen molar-refractivity contribution in [3.63, 3.8) is 0 Å². The minimum Gasteiger partial charge on any atom is -0.374 e. The Balaban J connectivity index is 2.28. The Labute approximate surface area is 141 Å². The summed E-state index contributed by atoms with van der Waals surface area (Å²) < 4.78 is 14.8. The van der Waals surface area contributed by atoms with Crippen LogP contribution in [0.1, 0.15) is 16.8 Å². The van der Waals surface area contributed by atoms with E-state index < -0.39 is 11.5 Å². The molecule has 3 nitrogen and oxygen atoms in total. The number of rotatable bonds is 3. The topological polar surface area (TPSA) is 46.0 Å². The predicted octanol–water partition coefficient (Wildman–Crippen LogP) is 3.50. The Bertz CT molecular complexity index is 742. The molecule has 1 N–H and O–H groups in total. The molecule has 5 heteroatoms. The first kappa shape index (κ1) is 15.1. The van der Waals surface area contributed by atoms with E-state index in [0.29, 0.717) is 14.8 Å². The highest BCUT2D eigenvalue weighted by Gasteiger charge is 2.38. The summed E-state index contributed by atoms with van der Waals surface area (Å²) in [5.41, 5.74) is -0.722. The van der Waals surface area contributed by atoms with Crippen molar-refractivity contribution in [1.82, 2.24) is 9.97 Å². The Morgan fingerprint density at radius 3 is 1.86 bits per heavy atom. The van der Waals surface area contributed by atoms with E-state index >= 15 is 0 Å². The van der Waals surface area contributed by atoms with E-state index in [2.05, 4.69) is 9.97 Å². The van der Waals surface area contributed by atoms with Crippen LogP contribution in [0.25, 0.3) is 0 Å². The van der Waals surface area contributed by atoms with E-state index in [-0.39, 0.29) is 5.69 Å². The monoisotopic (exact) mass is 406 g/mol. The van der Waals surface area contributed by atoms with Gasteiger partial charge in [0, 0.05) is 0 Å². The van der Waals surface area contributed by atoms with E-state index in [4.69, 9.17) is 0 Å². The molecule has 1 aromatic heterocycles. The standard InChI is InChI=1S/C17H12FIN2O/c18-16-15(20-11-14(19)21-16)17(22,12-7-3-1-4-8-12)13-9-5-2-6-10-13/h1-11,22H. The minimum atomic E-state index is -1.69. The van der Waals surface area contributed by atoms with Crippen molar-refractivity contribution < 1.29 is 9.50 Å². The second kappa shape index (κ2) is 6.10. The molecule has 3 aromatic rings. The van der Waals surface area contributed by atoms with Crippen molar-refractivity contribution in [2.24, 2.45) is 0 Å². The minimum absolute atomic E-state index is 0.106. The number of aromatic nitrogens is 2. The highest BCUT2D eigenvalue weighted by Crippen LogP contribution is 2.36. The molecule has 1 heterocycles. The molecule has 3 rings (SSSR count). The van der Waals surface area contributed by atoms with Crippen molar-refractivity contribution in [3.8, 4) is 0 Å². The lowest BCUT2D eigenvalue weighted by atomic mass is 9.83. The molecule has 0 aliphatic heterocycles. The van der Waals surface area contributed by atoms with Crippen molar-refractivity contribution >= 4 is 22.6 Å². The summed E-state index contributed by atoms with van der Waals surface area (Å²) in [6.45, 7) is 0. The van der Waals surface area contributed by atoms with Crippen LogP contribution in [-0.4, -0.2) is 15.1 Å². The highest BCUT2D eigenvalue weighted by atomic mass is 127. The lowest BCUT2D eigenvalue weighted by Crippen LogP contribution is -2.31. The summed E-state index contributed by atoms with van der Waals surface area (Å²) in [7, 11) is 0. The lowest BCUT2D eigenvalue weighted by molar-refractivity contribution is 0.114. The van der Waals surface area contributed by atoms with E-state index in [1.807, 2.05) is 34.7 Å². The molecule has 0 spiro atoms. The highest BCUT2D eigenvalue weighted by molar-refractivity contribution is 14.1. The van der Waals surface area contributed by atoms with Gasteiger partial charge in [0.15, 0.2) is 5.60 Å². The molecule has 110 valence electrons. The third kappa shape index (κ3) is 2.62. The SMILES string of the molecule is OC(c1ccccc1)(c1ccccc1)c1ncc(I)nc1F. The Hall–Kier alpha value is -1.86. The average molecular weight is 406 g/mol. The number of hydrogen-bond acceptors (Lipinski definition) is 3. The van der Waals surface area contributed by atoms with Crippen LogP contribution in [0, 0.1) is 9.65 Å². The Morgan fingerprint density at radius 2 is 1.41 bits per heavy atom. The zero-order valence-corrected chi connectivity index (χ0v) is 13.6. The molecule has 0 aliphatic carbocycles. The maximum Gasteiger partial charge on any atom is 0.239 e. The van der Waals surface area contributed by atoms with Crippen molar-refractivity contribution in [1.29, 1.82) is 0 Å². The maximum atomic E-state index is 14.4. The third-order valence-electron chi connectivity index (χ3n) is 3.43. The second-order valence-electron chi connectivity index (χ2n) is 4.77. The van der Waals surface area contributed by atoms with Gasteiger partial charge in [-0.15, -0.1) is 0 Å². The second-order valence-corrected chi connectivity index (χ2v) is 5.88. The van der Waals surface area contributed by atoms with Crippen LogP contribution >= 0.6 is 22.6 Å². The fraction of sp³-hybridized carbons (Fsp3) is 0.0588. The Morgan fingerprint density at radius 1 is 0.909 bits per heavy atom. The molecule has 0 saturated heterocycles. The van der Waals surface area contributed by atoms with Gasteiger partial charge in [-0.3, -0.25) is 0 Å². The molecule has 0 unspecified atom stereocenters. The summed E-state index contributed by atoms with van der Waals surface area (Å²) in [4.78, 5) is 7.90. The third-order valence-corrected chi connectivity index (χ3v) is 3.95. The molecule has 22 heavy (non-hydrogen) atoms. The number of aliphatic hydroxyl groups is 1. The van der Waals surface area contributed by atoms with Gasteiger partial charge in [-0.1, -0.05) is 60.7 Å². The maximum absolute atomic E-state index is 14.4. The van der Waals surface area contributed by atoms with Gasteiger partial charge in [0.1, 0.15) is 9.39 Å². The van der Waals surface area contributed by atoms with Gasteiger partial charge in [-0.05, 0) is 33.7 Å². The first-order chi connectivity index (χ1) is 10.6. The van der Waals surface area contributed by atoms with Gasteiger partial charge < -0.3 is 5.11 Å². The zero-order valence-electron chi connectivity index (χ0n) is 11.4. The van der Waals surface area contributed by atoms with E-state index in [9.17, 15) is 9.50 Å². The van der Waals surface area contributed by atoms with Crippen LogP contribution < -0.4 is 0 Å². The van der Waals surface area contributed by atoms with Crippen LogP contribution in [-0.2, 0) is 5.60 Å². The zero-order chi connectivity index (χ0) is 15.6. The van der Waals surface area contributed by atoms with Gasteiger partial charge >= 0.3 is 0 Å². The first-order valence-corrected chi connectivity index (χ1v) is 7.72. The van der Waals surface area contributed by atoms with E-state index in [0.717, 1.165) is 0 Å². The van der Waals surface area contributed by atoms with Gasteiger partial charge in [-0.25, -0.2) is 9.97 Å². The molecular formula is C17H12FIN2O. The molecule has 0 atom stereocenters. The average Bonchev–Trinajstić information content (AvgIpc) is 2.56. The van der Waals surface area contributed by atoms with E-state index in [1.165, 1.54) is 6.20 Å². The lowest BCUT2D eigenvalue weighted by Gasteiger charge is -2.28. The molecule has 0 amide bonds. The number of halogens is 2. The van der Waals surface area contributed by atoms with Crippen molar-refractivity contribution in [2.75, 3.05) is 0 Å². The van der Waals surface area contributed by atoms with Crippen LogP contribution in [0.5, 0.6) is 0 Å². The molecule has 0 aliphatic rings. The molecular weight excluding hydrogens is 394 g/mol. The van der Waals surface area contributed by atoms with Crippen LogP contribution in [0.15, 0.2) is 66.9 Å². The van der Waals surface area contributed by atoms with E-state index in [1.54, 1.807) is 48.5 Å². The van der Waals surface area contributed by atoms with Crippen LogP contribution in [0.3, 0.4) is 0 Å². The molecule has 0 radical (unpaired) electrons. The largest absolute Gasteiger partial charge is 0.374 e. The molecule has 2 aromatic carbocycles. The van der Waals surface area contributed by atoms with Crippen LogP contribution in [0.4, 0.5) is 4.39 Å². The number of hydrogen-bond donors (Lipinski definition) is 1. The Kier molecular flexibility index (Phi) is 4.17. The fourth-order valence-electron chi connectivity index (χ4n) is 2.39. The van der Waals surface area contributed by atoms with Crippen LogP contribution in [0.2, 0.25) is 0 Å². The van der Waals surface area contributed by atoms with Gasteiger partial charge in [0.2, 0.25) is 5.95 Å². The smallest absolute Gasteiger partial charge is 0.239 e. The molecule has 0 saturated carbocycles. The van der Waals surface area contributed by atoms with Gasteiger partial charge in [0.05, 0.1) is 6.20 Å². The number of benzene rings is 2. The summed E-state index contributed by atoms with van der Waals surface area (Å²) >= 11 is 1.88. The van der Waals surface area contributed by atoms with Crippen molar-refractivity contribution in [2.45, 2.75) is 5.60 Å². The van der Waals surface area contributed by atoms with Gasteiger partial charge in [0.25, 0.3) is 0 Å². The summed E-state index contributed by atoms with van der Waals surface area (Å²) in [6, 6.07) is 17.8. The quantitative estimate of drug-likeness (QED) is 0.678. The normalized spacial score (nSPS) is 11.4. The fourth-order valence-corrected chi connectivity index (χ4v) is 2.74. The van der Waals surface area contributed by atoms with Crippen molar-refractivity contribution in [3.05, 3.63) is 93.3 Å². The number of nitrogens with zero attached hydrogens (tertiary/aromatic N) is 2. The molecule has 0 fully saturated rings. The summed E-state index contributed by atoms with van der Waals surface area (Å²) in [5, 5.41) is 11.4. The predicted molar refractivity (Wildman–Crippen MR) is 89.7 cm³/mol. The molecule has 0 bridgehead atoms. The first-order valence-electron chi connectivity index (χ1n) is 6.64. The van der Waals surface area contributed by atoms with Gasteiger partial charge in [-0.2, -0.15) is 4.39 Å². The summed E-state index contributed by atoms with van der Waals surface area (Å²) in [5.74, 6) is -0.776. The summed E-state index contributed by atoms with van der Waals surface area (Å²) in [6.07, 6.45) is 1.44.